The van der Waals surface area contributed by atoms with E-state index in [0.717, 1.165) is 27.5 Å². The van der Waals surface area contributed by atoms with Gasteiger partial charge in [0, 0.05) is 24.9 Å². The first-order valence-corrected chi connectivity index (χ1v) is 10.7. The Morgan fingerprint density at radius 1 is 1.17 bits per heavy atom. The normalized spacial score (nSPS) is 18.7. The van der Waals surface area contributed by atoms with Gasteiger partial charge >= 0.3 is 5.97 Å². The van der Waals surface area contributed by atoms with E-state index in [1.54, 1.807) is 23.8 Å². The molecule has 1 aliphatic heterocycles. The lowest BCUT2D eigenvalue weighted by Crippen LogP contribution is -2.45. The Kier molecular flexibility index (Phi) is 7.05. The summed E-state index contributed by atoms with van der Waals surface area (Å²) in [5.41, 5.74) is 2.81. The van der Waals surface area contributed by atoms with Crippen molar-refractivity contribution < 1.29 is 19.1 Å². The summed E-state index contributed by atoms with van der Waals surface area (Å²) < 4.78 is 10.9. The molecule has 1 aliphatic rings. The molecule has 2 atom stereocenters. The molecule has 0 bridgehead atoms. The highest BCUT2D eigenvalue weighted by molar-refractivity contribution is 7.99. The van der Waals surface area contributed by atoms with Crippen molar-refractivity contribution in [3.63, 3.8) is 0 Å². The van der Waals surface area contributed by atoms with Crippen molar-refractivity contribution >= 4 is 29.3 Å². The van der Waals surface area contributed by atoms with Crippen molar-refractivity contribution in [2.75, 3.05) is 39.2 Å². The summed E-state index contributed by atoms with van der Waals surface area (Å²) in [6.45, 7) is 4.56. The minimum absolute atomic E-state index is 0.201. The van der Waals surface area contributed by atoms with Gasteiger partial charge in [-0.05, 0) is 50.3 Å². The van der Waals surface area contributed by atoms with Crippen LogP contribution >= 0.6 is 11.8 Å². The summed E-state index contributed by atoms with van der Waals surface area (Å²) in [7, 11) is 5.56. The highest BCUT2D eigenvalue weighted by Crippen LogP contribution is 2.47. The lowest BCUT2D eigenvalue weighted by Gasteiger charge is -2.29. The number of para-hydroxylation sites is 1. The molecule has 160 valence electrons. The van der Waals surface area contributed by atoms with Crippen LogP contribution in [0.2, 0.25) is 0 Å². The predicted molar refractivity (Wildman–Crippen MR) is 119 cm³/mol. The van der Waals surface area contributed by atoms with Crippen LogP contribution in [0.5, 0.6) is 5.75 Å². The molecule has 0 saturated carbocycles. The van der Waals surface area contributed by atoms with Crippen molar-refractivity contribution in [3.8, 4) is 5.75 Å². The maximum absolute atomic E-state index is 13.7. The van der Waals surface area contributed by atoms with Gasteiger partial charge in [0.25, 0.3) is 5.91 Å². The van der Waals surface area contributed by atoms with Crippen LogP contribution in [-0.4, -0.2) is 57.2 Å². The van der Waals surface area contributed by atoms with Crippen LogP contribution < -0.4 is 9.64 Å². The van der Waals surface area contributed by atoms with Crippen LogP contribution in [0.4, 0.5) is 5.69 Å². The van der Waals surface area contributed by atoms with Gasteiger partial charge in [-0.2, -0.15) is 0 Å². The molecule has 2 aromatic carbocycles. The molecule has 7 heteroatoms. The van der Waals surface area contributed by atoms with Crippen molar-refractivity contribution in [1.82, 2.24) is 4.90 Å². The van der Waals surface area contributed by atoms with Crippen molar-refractivity contribution in [2.24, 2.45) is 0 Å². The van der Waals surface area contributed by atoms with Crippen LogP contribution in [-0.2, 0) is 14.3 Å². The Bertz CT molecular complexity index is 914. The van der Waals surface area contributed by atoms with Gasteiger partial charge in [0.1, 0.15) is 5.75 Å². The molecule has 1 amide bonds. The van der Waals surface area contributed by atoms with E-state index in [9.17, 15) is 9.59 Å². The predicted octanol–water partition coefficient (Wildman–Crippen LogP) is 3.68. The van der Waals surface area contributed by atoms with Gasteiger partial charge < -0.3 is 19.3 Å². The quantitative estimate of drug-likeness (QED) is 0.655. The number of hydrogen-bond acceptors (Lipinski definition) is 6. The largest absolute Gasteiger partial charge is 0.497 e. The topological polar surface area (TPSA) is 59.1 Å². The summed E-state index contributed by atoms with van der Waals surface area (Å²) in [4.78, 5) is 30.4. The van der Waals surface area contributed by atoms with Gasteiger partial charge in [-0.25, -0.2) is 0 Å². The molecule has 0 aromatic heterocycles. The van der Waals surface area contributed by atoms with Gasteiger partial charge in [0.15, 0.2) is 6.10 Å². The molecule has 30 heavy (non-hydrogen) atoms. The summed E-state index contributed by atoms with van der Waals surface area (Å²) in [6.07, 6.45) is -0.921. The fraction of sp³-hybridized carbons (Fsp3) is 0.391. The van der Waals surface area contributed by atoms with Crippen molar-refractivity contribution in [2.45, 2.75) is 30.1 Å². The second-order valence-electron chi connectivity index (χ2n) is 7.56. The standard InChI is InChI=1S/C23H28N2O4S/c1-15-7-6-8-19-20(15)25(14-13-24(3)4)23(27)21(29-16(2)26)22(30-19)17-9-11-18(28-5)12-10-17/h6-12,21-22H,13-14H2,1-5H3. The second kappa shape index (κ2) is 9.53. The number of rotatable bonds is 6. The number of amides is 1. The van der Waals surface area contributed by atoms with Crippen LogP contribution in [0.1, 0.15) is 23.3 Å². The van der Waals surface area contributed by atoms with E-state index in [2.05, 4.69) is 0 Å². The zero-order chi connectivity index (χ0) is 21.8. The lowest BCUT2D eigenvalue weighted by molar-refractivity contribution is -0.152. The highest BCUT2D eigenvalue weighted by atomic mass is 32.2. The van der Waals surface area contributed by atoms with Gasteiger partial charge in [-0.15, -0.1) is 11.8 Å². The first-order chi connectivity index (χ1) is 14.3. The maximum Gasteiger partial charge on any atom is 0.303 e. The second-order valence-corrected chi connectivity index (χ2v) is 8.74. The van der Waals surface area contributed by atoms with E-state index in [-0.39, 0.29) is 11.2 Å². The molecule has 2 aromatic rings. The molecule has 0 spiro atoms. The number of carbonyl (C=O) groups is 2. The number of nitrogens with zero attached hydrogens (tertiary/aromatic N) is 2. The van der Waals surface area contributed by atoms with Gasteiger partial charge in [0.05, 0.1) is 18.0 Å². The van der Waals surface area contributed by atoms with E-state index < -0.39 is 12.1 Å². The number of benzene rings is 2. The maximum atomic E-state index is 13.7. The van der Waals surface area contributed by atoms with E-state index in [1.165, 1.54) is 6.92 Å². The molecule has 0 radical (unpaired) electrons. The lowest BCUT2D eigenvalue weighted by atomic mass is 10.0. The van der Waals surface area contributed by atoms with Crippen LogP contribution in [0.15, 0.2) is 47.4 Å². The third-order valence-corrected chi connectivity index (χ3v) is 6.37. The molecular formula is C23H28N2O4S. The minimum atomic E-state index is -0.921. The summed E-state index contributed by atoms with van der Waals surface area (Å²) in [6, 6.07) is 13.6. The minimum Gasteiger partial charge on any atom is -0.497 e. The van der Waals surface area contributed by atoms with E-state index in [4.69, 9.17) is 9.47 Å². The fourth-order valence-electron chi connectivity index (χ4n) is 3.51. The van der Waals surface area contributed by atoms with Crippen LogP contribution in [0.25, 0.3) is 0 Å². The average Bonchev–Trinajstić information content (AvgIpc) is 2.82. The number of anilines is 1. The van der Waals surface area contributed by atoms with Gasteiger partial charge in [-0.3, -0.25) is 9.59 Å². The Balaban J connectivity index is 2.11. The molecule has 0 fully saturated rings. The summed E-state index contributed by atoms with van der Waals surface area (Å²) in [5, 5.41) is -0.364. The molecule has 0 N–H and O–H groups in total. The van der Waals surface area contributed by atoms with E-state index in [1.807, 2.05) is 68.4 Å². The molecule has 2 unspecified atom stereocenters. The van der Waals surface area contributed by atoms with E-state index >= 15 is 0 Å². The monoisotopic (exact) mass is 428 g/mol. The first kappa shape index (κ1) is 22.2. The number of ether oxygens (including phenoxy) is 2. The SMILES string of the molecule is COc1ccc(C2Sc3cccc(C)c3N(CCN(C)C)C(=O)C2OC(C)=O)cc1. The third-order valence-electron chi connectivity index (χ3n) is 5.02. The fourth-order valence-corrected chi connectivity index (χ4v) is 4.92. The number of esters is 1. The molecule has 3 rings (SSSR count). The highest BCUT2D eigenvalue weighted by Gasteiger charge is 2.41. The molecule has 6 nitrogen and oxygen atoms in total. The number of likely N-dealkylation sites (N-methyl/N-ethyl adjacent to an activating group) is 1. The number of carbonyl (C=O) groups excluding carboxylic acids is 2. The molecule has 1 heterocycles. The van der Waals surface area contributed by atoms with Gasteiger partial charge in [0.2, 0.25) is 0 Å². The Morgan fingerprint density at radius 2 is 1.87 bits per heavy atom. The molecular weight excluding hydrogens is 400 g/mol. The Labute approximate surface area is 182 Å². The Hall–Kier alpha value is -2.51. The van der Waals surface area contributed by atoms with Crippen LogP contribution in [0.3, 0.4) is 0 Å². The summed E-state index contributed by atoms with van der Waals surface area (Å²) >= 11 is 1.56. The smallest absolute Gasteiger partial charge is 0.303 e. The van der Waals surface area contributed by atoms with Crippen molar-refractivity contribution in [1.29, 1.82) is 0 Å². The average molecular weight is 429 g/mol. The van der Waals surface area contributed by atoms with Gasteiger partial charge in [-0.1, -0.05) is 24.3 Å². The van der Waals surface area contributed by atoms with Crippen LogP contribution in [0, 0.1) is 6.92 Å². The summed E-state index contributed by atoms with van der Waals surface area (Å²) in [5.74, 6) is 0.0627. The number of thioether (sulfide) groups is 1. The Morgan fingerprint density at radius 3 is 2.47 bits per heavy atom. The number of methoxy groups -OCH3 is 1. The number of aryl methyl sites for hydroxylation is 1. The number of hydrogen-bond donors (Lipinski definition) is 0. The third kappa shape index (κ3) is 4.79. The molecule has 0 saturated heterocycles. The first-order valence-electron chi connectivity index (χ1n) is 9.85. The van der Waals surface area contributed by atoms with E-state index in [0.29, 0.717) is 13.1 Å². The zero-order valence-electron chi connectivity index (χ0n) is 18.0. The number of fused-ring (bicyclic) bond motifs is 1. The molecule has 0 aliphatic carbocycles. The zero-order valence-corrected chi connectivity index (χ0v) is 18.9. The van der Waals surface area contributed by atoms with Crippen molar-refractivity contribution in [3.05, 3.63) is 53.6 Å².